The van der Waals surface area contributed by atoms with Crippen molar-refractivity contribution in [3.63, 3.8) is 0 Å². The number of hydrogen-bond donors (Lipinski definition) is 2. The number of hydrogen-bond acceptors (Lipinski definition) is 5. The minimum Gasteiger partial charge on any atom is -0.494 e. The summed E-state index contributed by atoms with van der Waals surface area (Å²) in [5.74, 6) is -0.362. The highest BCUT2D eigenvalue weighted by Crippen LogP contribution is 2.34. The number of aliphatic imine (C=N–C) groups is 1. The normalized spacial score (nSPS) is 13.4. The van der Waals surface area contributed by atoms with E-state index in [0.717, 1.165) is 0 Å². The SMILES string of the molecule is C=CCn1c(O)c(C=C2C=Nc3ccc(C(=O)c4ccccc4)cc32)c(=O)[nH]c1=S. The zero-order valence-electron chi connectivity index (χ0n) is 15.8. The molecule has 2 N–H and O–H groups in total. The number of rotatable bonds is 5. The van der Waals surface area contributed by atoms with Gasteiger partial charge < -0.3 is 5.11 Å². The maximum atomic E-state index is 12.8. The monoisotopic (exact) mass is 415 g/mol. The van der Waals surface area contributed by atoms with Crippen LogP contribution in [0.2, 0.25) is 0 Å². The van der Waals surface area contributed by atoms with Crippen molar-refractivity contribution in [3.8, 4) is 5.88 Å². The number of benzene rings is 2. The van der Waals surface area contributed by atoms with Gasteiger partial charge in [-0.05, 0) is 36.5 Å². The fourth-order valence-corrected chi connectivity index (χ4v) is 3.51. The van der Waals surface area contributed by atoms with Crippen LogP contribution in [0.25, 0.3) is 11.6 Å². The molecule has 2 aromatic carbocycles. The first-order chi connectivity index (χ1) is 14.5. The van der Waals surface area contributed by atoms with Crippen LogP contribution in [0.5, 0.6) is 5.88 Å². The summed E-state index contributed by atoms with van der Waals surface area (Å²) in [5, 5.41) is 10.6. The van der Waals surface area contributed by atoms with Gasteiger partial charge in [-0.25, -0.2) is 0 Å². The summed E-state index contributed by atoms with van der Waals surface area (Å²) in [6.45, 7) is 3.88. The van der Waals surface area contributed by atoms with Crippen molar-refractivity contribution in [2.75, 3.05) is 0 Å². The Kier molecular flexibility index (Phi) is 5.12. The van der Waals surface area contributed by atoms with Gasteiger partial charge in [-0.2, -0.15) is 0 Å². The Bertz CT molecular complexity index is 1350. The lowest BCUT2D eigenvalue weighted by Gasteiger charge is -2.09. The lowest BCUT2D eigenvalue weighted by atomic mass is 9.97. The Balaban J connectivity index is 1.80. The summed E-state index contributed by atoms with van der Waals surface area (Å²) in [6, 6.07) is 14.2. The Labute approximate surface area is 177 Å². The number of nitrogens with zero attached hydrogens (tertiary/aromatic N) is 2. The molecule has 0 spiro atoms. The van der Waals surface area contributed by atoms with Crippen LogP contribution in [-0.2, 0) is 6.54 Å². The molecule has 0 atom stereocenters. The maximum absolute atomic E-state index is 12.8. The van der Waals surface area contributed by atoms with Crippen LogP contribution in [0, 0.1) is 4.77 Å². The third kappa shape index (κ3) is 3.46. The van der Waals surface area contributed by atoms with E-state index in [0.29, 0.717) is 28.0 Å². The topological polar surface area (TPSA) is 87.4 Å². The van der Waals surface area contributed by atoms with E-state index in [1.54, 1.807) is 42.6 Å². The maximum Gasteiger partial charge on any atom is 0.262 e. The van der Waals surface area contributed by atoms with E-state index >= 15 is 0 Å². The molecule has 148 valence electrons. The largest absolute Gasteiger partial charge is 0.494 e. The molecule has 6 nitrogen and oxygen atoms in total. The molecule has 7 heteroatoms. The van der Waals surface area contributed by atoms with Gasteiger partial charge in [0, 0.05) is 35.0 Å². The summed E-state index contributed by atoms with van der Waals surface area (Å²) >= 11 is 5.11. The predicted molar refractivity (Wildman–Crippen MR) is 120 cm³/mol. The van der Waals surface area contributed by atoms with Crippen LogP contribution < -0.4 is 5.56 Å². The van der Waals surface area contributed by atoms with Gasteiger partial charge in [0.25, 0.3) is 5.56 Å². The van der Waals surface area contributed by atoms with Crippen LogP contribution in [0.1, 0.15) is 27.0 Å². The number of H-pyrrole nitrogens is 1. The third-order valence-corrected chi connectivity index (χ3v) is 5.09. The summed E-state index contributed by atoms with van der Waals surface area (Å²) in [5.41, 5.74) is 2.63. The van der Waals surface area contributed by atoms with Gasteiger partial charge in [0.05, 0.1) is 5.69 Å². The first-order valence-electron chi connectivity index (χ1n) is 9.16. The second kappa shape index (κ2) is 7.88. The number of carbonyl (C=O) groups excluding carboxylic acids is 1. The molecule has 0 amide bonds. The number of aromatic hydroxyl groups is 1. The van der Waals surface area contributed by atoms with E-state index in [-0.39, 0.29) is 28.5 Å². The summed E-state index contributed by atoms with van der Waals surface area (Å²) in [7, 11) is 0. The Morgan fingerprint density at radius 2 is 1.97 bits per heavy atom. The Hall–Kier alpha value is -3.84. The Morgan fingerprint density at radius 1 is 1.20 bits per heavy atom. The van der Waals surface area contributed by atoms with Crippen molar-refractivity contribution in [1.82, 2.24) is 9.55 Å². The predicted octanol–water partition coefficient (Wildman–Crippen LogP) is 4.28. The van der Waals surface area contributed by atoms with E-state index in [1.165, 1.54) is 10.6 Å². The first-order valence-corrected chi connectivity index (χ1v) is 9.57. The highest BCUT2D eigenvalue weighted by molar-refractivity contribution is 7.71. The van der Waals surface area contributed by atoms with E-state index in [1.807, 2.05) is 18.2 Å². The van der Waals surface area contributed by atoms with Gasteiger partial charge in [-0.1, -0.05) is 36.4 Å². The number of aromatic amines is 1. The summed E-state index contributed by atoms with van der Waals surface area (Å²) in [6.07, 6.45) is 4.70. The first kappa shape index (κ1) is 19.5. The fraction of sp³-hybridized carbons (Fsp3) is 0.0435. The van der Waals surface area contributed by atoms with Crippen LogP contribution >= 0.6 is 12.2 Å². The minimum absolute atomic E-state index is 0.0551. The van der Waals surface area contributed by atoms with Crippen LogP contribution in [-0.4, -0.2) is 26.7 Å². The van der Waals surface area contributed by atoms with Crippen molar-refractivity contribution >= 4 is 41.6 Å². The Morgan fingerprint density at radius 3 is 2.70 bits per heavy atom. The van der Waals surface area contributed by atoms with Crippen molar-refractivity contribution in [2.45, 2.75) is 6.54 Å². The van der Waals surface area contributed by atoms with E-state index in [9.17, 15) is 14.7 Å². The minimum atomic E-state index is -0.510. The van der Waals surface area contributed by atoms with Crippen LogP contribution in [0.15, 0.2) is 71.0 Å². The average molecular weight is 415 g/mol. The van der Waals surface area contributed by atoms with Crippen molar-refractivity contribution in [2.24, 2.45) is 4.99 Å². The van der Waals surface area contributed by atoms with Gasteiger partial charge in [0.2, 0.25) is 5.88 Å². The molecule has 1 aliphatic heterocycles. The quantitative estimate of drug-likeness (QED) is 0.370. The summed E-state index contributed by atoms with van der Waals surface area (Å²) in [4.78, 5) is 32.1. The van der Waals surface area contributed by atoms with Crippen molar-refractivity contribution in [1.29, 1.82) is 0 Å². The van der Waals surface area contributed by atoms with Crippen LogP contribution in [0.4, 0.5) is 5.69 Å². The molecule has 2 heterocycles. The zero-order chi connectivity index (χ0) is 21.3. The molecule has 0 saturated heterocycles. The molecule has 4 rings (SSSR count). The molecule has 0 aliphatic carbocycles. The molecule has 1 aromatic heterocycles. The molecular formula is C23H17N3O3S. The second-order valence-electron chi connectivity index (χ2n) is 6.68. The molecule has 1 aliphatic rings. The average Bonchev–Trinajstić information content (AvgIpc) is 3.16. The van der Waals surface area contributed by atoms with E-state index in [4.69, 9.17) is 12.2 Å². The number of nitrogens with one attached hydrogen (secondary N) is 1. The standard InChI is InChI=1S/C23H17N3O3S/c1-2-10-26-22(29)18(21(28)25-23(26)30)12-16-13-24-19-9-8-15(11-17(16)19)20(27)14-6-4-3-5-7-14/h2-9,11-13,29H,1,10H2,(H,25,28,30). The molecular weight excluding hydrogens is 398 g/mol. The number of aromatic nitrogens is 2. The lowest BCUT2D eigenvalue weighted by molar-refractivity contribution is 0.103. The highest BCUT2D eigenvalue weighted by Gasteiger charge is 2.18. The third-order valence-electron chi connectivity index (χ3n) is 4.77. The van der Waals surface area contributed by atoms with E-state index < -0.39 is 5.56 Å². The highest BCUT2D eigenvalue weighted by atomic mass is 32.1. The molecule has 0 radical (unpaired) electrons. The molecule has 30 heavy (non-hydrogen) atoms. The molecule has 0 bridgehead atoms. The van der Waals surface area contributed by atoms with E-state index in [2.05, 4.69) is 16.6 Å². The van der Waals surface area contributed by atoms with Crippen molar-refractivity contribution < 1.29 is 9.90 Å². The number of fused-ring (bicyclic) bond motifs is 1. The number of allylic oxidation sites excluding steroid dienone is 2. The van der Waals surface area contributed by atoms with Gasteiger partial charge in [-0.3, -0.25) is 24.1 Å². The van der Waals surface area contributed by atoms with Gasteiger partial charge in [0.15, 0.2) is 10.6 Å². The molecule has 0 fully saturated rings. The molecule has 3 aromatic rings. The number of ketones is 1. The molecule has 0 unspecified atom stereocenters. The summed E-state index contributed by atoms with van der Waals surface area (Å²) < 4.78 is 1.48. The van der Waals surface area contributed by atoms with Crippen molar-refractivity contribution in [3.05, 3.63) is 98.6 Å². The second-order valence-corrected chi connectivity index (χ2v) is 7.07. The van der Waals surface area contributed by atoms with Gasteiger partial charge in [-0.15, -0.1) is 6.58 Å². The lowest BCUT2D eigenvalue weighted by Crippen LogP contribution is -2.16. The van der Waals surface area contributed by atoms with Gasteiger partial charge in [0.1, 0.15) is 5.56 Å². The number of carbonyl (C=O) groups is 1. The van der Waals surface area contributed by atoms with Crippen LogP contribution in [0.3, 0.4) is 0 Å². The molecule has 0 saturated carbocycles. The zero-order valence-corrected chi connectivity index (χ0v) is 16.6. The van der Waals surface area contributed by atoms with Gasteiger partial charge >= 0.3 is 0 Å². The smallest absolute Gasteiger partial charge is 0.262 e. The fourth-order valence-electron chi connectivity index (χ4n) is 3.26.